The lowest BCUT2D eigenvalue weighted by atomic mass is 10.1. The molecule has 0 aliphatic heterocycles. The van der Waals surface area contributed by atoms with E-state index in [1.54, 1.807) is 18.2 Å². The number of pyridine rings is 1. The van der Waals surface area contributed by atoms with E-state index in [1.807, 2.05) is 12.1 Å². The molecule has 0 atom stereocenters. The summed E-state index contributed by atoms with van der Waals surface area (Å²) in [5, 5.41) is 12.4. The maximum atomic E-state index is 12.7. The Kier molecular flexibility index (Phi) is 3.58. The van der Waals surface area contributed by atoms with E-state index in [4.69, 9.17) is 0 Å². The van der Waals surface area contributed by atoms with Crippen LogP contribution in [0, 0.1) is 10.1 Å². The van der Waals surface area contributed by atoms with Crippen molar-refractivity contribution in [3.63, 3.8) is 0 Å². The molecule has 0 radical (unpaired) electrons. The van der Waals surface area contributed by atoms with Crippen LogP contribution in [-0.2, 0) is 6.54 Å². The molecule has 0 bridgehead atoms. The molecule has 0 saturated heterocycles. The maximum Gasteiger partial charge on any atom is 0.270 e. The van der Waals surface area contributed by atoms with Crippen molar-refractivity contribution in [2.75, 3.05) is 0 Å². The van der Waals surface area contributed by atoms with Crippen LogP contribution in [0.25, 0.3) is 21.7 Å². The third-order valence-corrected chi connectivity index (χ3v) is 4.17. The Morgan fingerprint density at radius 3 is 2.69 bits per heavy atom. The zero-order chi connectivity index (χ0) is 18.3. The molecule has 0 spiro atoms. The van der Waals surface area contributed by atoms with Crippen LogP contribution in [-0.4, -0.2) is 19.5 Å². The van der Waals surface area contributed by atoms with E-state index in [0.717, 1.165) is 5.39 Å². The van der Waals surface area contributed by atoms with Gasteiger partial charge in [0.25, 0.3) is 16.8 Å². The summed E-state index contributed by atoms with van der Waals surface area (Å²) >= 11 is 0. The highest BCUT2D eigenvalue weighted by molar-refractivity contribution is 5.82. The molecule has 0 unspecified atom stereocenters. The van der Waals surface area contributed by atoms with Gasteiger partial charge < -0.3 is 4.98 Å². The Hall–Kier alpha value is -3.81. The molecular weight excluding hydrogens is 336 g/mol. The van der Waals surface area contributed by atoms with Crippen molar-refractivity contribution >= 4 is 27.4 Å². The number of fused-ring (bicyclic) bond motifs is 2. The van der Waals surface area contributed by atoms with Crippen molar-refractivity contribution in [3.8, 4) is 0 Å². The lowest BCUT2D eigenvalue weighted by Gasteiger charge is -2.08. The molecule has 8 nitrogen and oxygen atoms in total. The largest absolute Gasteiger partial charge is 0.324 e. The monoisotopic (exact) mass is 348 g/mol. The third-order valence-electron chi connectivity index (χ3n) is 4.17. The number of H-pyrrole nitrogens is 1. The summed E-state index contributed by atoms with van der Waals surface area (Å²) in [6.07, 6.45) is 1.37. The van der Waals surface area contributed by atoms with Crippen LogP contribution < -0.4 is 11.1 Å². The van der Waals surface area contributed by atoms with Crippen LogP contribution in [0.2, 0.25) is 0 Å². The summed E-state index contributed by atoms with van der Waals surface area (Å²) in [7, 11) is 0. The summed E-state index contributed by atoms with van der Waals surface area (Å²) in [5.74, 6) is 0. The van der Waals surface area contributed by atoms with Crippen LogP contribution >= 0.6 is 0 Å². The molecule has 0 aliphatic carbocycles. The maximum absolute atomic E-state index is 12.7. The molecule has 2 heterocycles. The fraction of sp³-hybridized carbons (Fsp3) is 0.0556. The third kappa shape index (κ3) is 2.63. The summed E-state index contributed by atoms with van der Waals surface area (Å²) in [5.41, 5.74) is 0.0998. The molecule has 128 valence electrons. The lowest BCUT2D eigenvalue weighted by Crippen LogP contribution is -2.23. The van der Waals surface area contributed by atoms with Crippen molar-refractivity contribution in [1.82, 2.24) is 14.5 Å². The number of nitro benzene ring substituents is 1. The molecule has 0 amide bonds. The second-order valence-corrected chi connectivity index (χ2v) is 5.85. The van der Waals surface area contributed by atoms with Crippen molar-refractivity contribution in [1.29, 1.82) is 0 Å². The van der Waals surface area contributed by atoms with Crippen molar-refractivity contribution in [3.05, 3.63) is 91.4 Å². The summed E-state index contributed by atoms with van der Waals surface area (Å²) in [4.78, 5) is 42.1. The molecule has 2 aromatic heterocycles. The normalized spacial score (nSPS) is 11.1. The van der Waals surface area contributed by atoms with Gasteiger partial charge in [-0.05, 0) is 23.6 Å². The predicted octanol–water partition coefficient (Wildman–Crippen LogP) is 2.19. The molecule has 4 rings (SSSR count). The number of hydrogen-bond acceptors (Lipinski definition) is 5. The van der Waals surface area contributed by atoms with E-state index in [1.165, 1.54) is 29.1 Å². The Balaban J connectivity index is 1.82. The van der Waals surface area contributed by atoms with Gasteiger partial charge in [0.05, 0.1) is 28.7 Å². The number of benzene rings is 2. The number of aromatic nitrogens is 3. The molecule has 0 aliphatic rings. The first-order valence-electron chi connectivity index (χ1n) is 7.77. The molecule has 4 aromatic rings. The van der Waals surface area contributed by atoms with Gasteiger partial charge in [-0.25, -0.2) is 4.98 Å². The topological polar surface area (TPSA) is 111 Å². The zero-order valence-electron chi connectivity index (χ0n) is 13.4. The number of nitrogens with one attached hydrogen (secondary N) is 1. The first-order valence-corrected chi connectivity index (χ1v) is 7.77. The van der Waals surface area contributed by atoms with Gasteiger partial charge in [-0.2, -0.15) is 0 Å². The predicted molar refractivity (Wildman–Crippen MR) is 96.3 cm³/mol. The van der Waals surface area contributed by atoms with Crippen LogP contribution in [0.5, 0.6) is 0 Å². The highest BCUT2D eigenvalue weighted by Gasteiger charge is 2.11. The van der Waals surface area contributed by atoms with E-state index in [9.17, 15) is 19.7 Å². The first kappa shape index (κ1) is 15.7. The van der Waals surface area contributed by atoms with Gasteiger partial charge >= 0.3 is 0 Å². The van der Waals surface area contributed by atoms with Crippen molar-refractivity contribution in [2.24, 2.45) is 0 Å². The number of hydrogen-bond donors (Lipinski definition) is 1. The lowest BCUT2D eigenvalue weighted by molar-refractivity contribution is -0.384. The number of non-ortho nitro benzene ring substituents is 1. The van der Waals surface area contributed by atoms with Crippen molar-refractivity contribution in [2.45, 2.75) is 6.54 Å². The van der Waals surface area contributed by atoms with Crippen LogP contribution in [0.3, 0.4) is 0 Å². The number of rotatable bonds is 3. The Morgan fingerprint density at radius 2 is 1.88 bits per heavy atom. The van der Waals surface area contributed by atoms with Gasteiger partial charge in [0.2, 0.25) is 0 Å². The number of nitro groups is 1. The molecule has 0 fully saturated rings. The quantitative estimate of drug-likeness (QED) is 0.451. The Morgan fingerprint density at radius 1 is 1.08 bits per heavy atom. The second-order valence-electron chi connectivity index (χ2n) is 5.85. The minimum absolute atomic E-state index is 0.102. The summed E-state index contributed by atoms with van der Waals surface area (Å²) < 4.78 is 1.31. The molecular formula is C18H12N4O4. The minimum atomic E-state index is -0.558. The minimum Gasteiger partial charge on any atom is -0.324 e. The van der Waals surface area contributed by atoms with Gasteiger partial charge in [-0.3, -0.25) is 24.3 Å². The van der Waals surface area contributed by atoms with E-state index in [2.05, 4.69) is 9.97 Å². The zero-order valence-corrected chi connectivity index (χ0v) is 13.4. The van der Waals surface area contributed by atoms with Gasteiger partial charge in [-0.15, -0.1) is 0 Å². The summed E-state index contributed by atoms with van der Waals surface area (Å²) in [6.45, 7) is 0.102. The van der Waals surface area contributed by atoms with E-state index >= 15 is 0 Å². The first-order chi connectivity index (χ1) is 12.5. The van der Waals surface area contributed by atoms with Crippen LogP contribution in [0.15, 0.2) is 64.4 Å². The van der Waals surface area contributed by atoms with Crippen molar-refractivity contribution < 1.29 is 4.92 Å². The van der Waals surface area contributed by atoms with Gasteiger partial charge in [0, 0.05) is 23.2 Å². The fourth-order valence-corrected chi connectivity index (χ4v) is 2.91. The average Bonchev–Trinajstić information content (AvgIpc) is 2.64. The highest BCUT2D eigenvalue weighted by atomic mass is 16.6. The highest BCUT2D eigenvalue weighted by Crippen LogP contribution is 2.16. The molecule has 1 N–H and O–H groups in total. The van der Waals surface area contributed by atoms with E-state index < -0.39 is 10.5 Å². The van der Waals surface area contributed by atoms with Gasteiger partial charge in [0.15, 0.2) is 0 Å². The number of nitrogens with zero attached hydrogens (tertiary/aromatic N) is 3. The second kappa shape index (κ2) is 5.92. The van der Waals surface area contributed by atoms with Gasteiger partial charge in [0.1, 0.15) is 0 Å². The average molecular weight is 348 g/mol. The standard InChI is InChI=1S/C18H12N4O4/c23-17-14-4-2-1-3-11(14)7-12(20-17)9-21-10-19-16-6-5-13(22(25)26)8-15(16)18(21)24/h1-8,10H,9H2,(H,20,23). The smallest absolute Gasteiger partial charge is 0.270 e. The molecule has 0 saturated carbocycles. The molecule has 26 heavy (non-hydrogen) atoms. The number of aromatic amines is 1. The molecule has 8 heteroatoms. The van der Waals surface area contributed by atoms with E-state index in [-0.39, 0.29) is 23.2 Å². The Bertz CT molecular complexity index is 1290. The van der Waals surface area contributed by atoms with Crippen LogP contribution in [0.4, 0.5) is 5.69 Å². The SMILES string of the molecule is O=c1[nH]c(Cn2cnc3ccc([N+](=O)[O-])cc3c2=O)cc2ccccc12. The fourth-order valence-electron chi connectivity index (χ4n) is 2.91. The molecule has 2 aromatic carbocycles. The van der Waals surface area contributed by atoms with E-state index in [0.29, 0.717) is 16.6 Å². The summed E-state index contributed by atoms with van der Waals surface area (Å²) in [6, 6.07) is 12.9. The Labute approximate surface area is 145 Å². The van der Waals surface area contributed by atoms with Gasteiger partial charge in [-0.1, -0.05) is 18.2 Å². The van der Waals surface area contributed by atoms with Crippen LogP contribution in [0.1, 0.15) is 5.69 Å².